The average Bonchev–Trinajstić information content (AvgIpc) is 2.97. The van der Waals surface area contributed by atoms with Gasteiger partial charge in [-0.05, 0) is 113 Å². The Morgan fingerprint density at radius 1 is 0.447 bits per heavy atom. The van der Waals surface area contributed by atoms with E-state index < -0.39 is 0 Å². The second kappa shape index (κ2) is 8.87. The largest absolute Gasteiger partial charge is 0.0990 e. The first kappa shape index (κ1) is 22.3. The van der Waals surface area contributed by atoms with Gasteiger partial charge < -0.3 is 0 Å². The third kappa shape index (κ3) is 3.62. The van der Waals surface area contributed by atoms with Crippen molar-refractivity contribution in [2.45, 2.75) is 0 Å². The van der Waals surface area contributed by atoms with E-state index in [-0.39, 0.29) is 0 Å². The predicted molar refractivity (Wildman–Crippen MR) is 168 cm³/mol. The van der Waals surface area contributed by atoms with Crippen molar-refractivity contribution in [3.63, 3.8) is 0 Å². The molecule has 0 spiro atoms. The zero-order valence-corrected chi connectivity index (χ0v) is 21.1. The summed E-state index contributed by atoms with van der Waals surface area (Å²) in [5.41, 5.74) is 4.73. The molecule has 0 saturated carbocycles. The zero-order valence-electron chi connectivity index (χ0n) is 21.1. The van der Waals surface area contributed by atoms with Crippen molar-refractivity contribution in [3.8, 4) is 11.1 Å². The van der Waals surface area contributed by atoms with Crippen LogP contribution >= 0.6 is 0 Å². The molecule has 178 valence electrons. The van der Waals surface area contributed by atoms with E-state index in [1.807, 2.05) is 18.2 Å². The lowest BCUT2D eigenvalue weighted by Gasteiger charge is -2.12. The minimum absolute atomic E-state index is 1.08. The number of fused-ring (bicyclic) bond motifs is 7. The second-order valence-electron chi connectivity index (χ2n) is 9.92. The summed E-state index contributed by atoms with van der Waals surface area (Å²) in [6.45, 7) is 7.80. The maximum Gasteiger partial charge on any atom is -0.00987 e. The van der Waals surface area contributed by atoms with Crippen LogP contribution in [0, 0.1) is 0 Å². The molecule has 0 aliphatic heterocycles. The summed E-state index contributed by atoms with van der Waals surface area (Å²) < 4.78 is 0. The van der Waals surface area contributed by atoms with Crippen LogP contribution in [0.25, 0.3) is 70.6 Å². The minimum Gasteiger partial charge on any atom is -0.0990 e. The molecular formula is C38H26. The maximum absolute atomic E-state index is 3.97. The van der Waals surface area contributed by atoms with Gasteiger partial charge in [0.2, 0.25) is 0 Å². The van der Waals surface area contributed by atoms with Crippen molar-refractivity contribution < 1.29 is 0 Å². The number of allylic oxidation sites excluding steroid dienone is 4. The summed E-state index contributed by atoms with van der Waals surface area (Å²) in [6.07, 6.45) is 5.69. The van der Waals surface area contributed by atoms with Crippen molar-refractivity contribution >= 4 is 59.4 Å². The molecule has 0 fully saturated rings. The monoisotopic (exact) mass is 482 g/mol. The molecule has 0 saturated heterocycles. The van der Waals surface area contributed by atoms with Crippen LogP contribution in [0.2, 0.25) is 0 Å². The van der Waals surface area contributed by atoms with Gasteiger partial charge in [-0.3, -0.25) is 0 Å². The van der Waals surface area contributed by atoms with Crippen molar-refractivity contribution in [1.82, 2.24) is 0 Å². The van der Waals surface area contributed by atoms with Gasteiger partial charge >= 0.3 is 0 Å². The molecule has 38 heavy (non-hydrogen) atoms. The molecule has 0 amide bonds. The highest BCUT2D eigenvalue weighted by molar-refractivity contribution is 6.21. The van der Waals surface area contributed by atoms with Crippen LogP contribution < -0.4 is 0 Å². The summed E-state index contributed by atoms with van der Waals surface area (Å²) in [6, 6.07) is 42.4. The Kier molecular flexibility index (Phi) is 5.20. The zero-order chi connectivity index (χ0) is 25.6. The molecule has 0 aromatic heterocycles. The highest BCUT2D eigenvalue weighted by atomic mass is 14.1. The van der Waals surface area contributed by atoms with E-state index in [0.29, 0.717) is 0 Å². The first-order valence-electron chi connectivity index (χ1n) is 13.0. The van der Waals surface area contributed by atoms with E-state index in [9.17, 15) is 0 Å². The lowest BCUT2D eigenvalue weighted by atomic mass is 9.92. The molecule has 0 atom stereocenters. The van der Waals surface area contributed by atoms with Gasteiger partial charge in [0.15, 0.2) is 0 Å². The smallest absolute Gasteiger partial charge is 0.00987 e. The fourth-order valence-electron chi connectivity index (χ4n) is 5.77. The van der Waals surface area contributed by atoms with Crippen molar-refractivity contribution in [2.24, 2.45) is 0 Å². The maximum atomic E-state index is 3.97. The molecule has 0 heteroatoms. The fraction of sp³-hybridized carbons (Fsp3) is 0. The first-order valence-corrected chi connectivity index (χ1v) is 13.0. The van der Waals surface area contributed by atoms with Crippen LogP contribution in [0.1, 0.15) is 5.56 Å². The summed E-state index contributed by atoms with van der Waals surface area (Å²) in [7, 11) is 0. The normalized spacial score (nSPS) is 12.1. The molecule has 0 aliphatic rings. The van der Waals surface area contributed by atoms with Gasteiger partial charge in [0.25, 0.3) is 0 Å². The fourth-order valence-corrected chi connectivity index (χ4v) is 5.77. The Labute approximate surface area is 222 Å². The molecule has 0 radical (unpaired) electrons. The standard InChI is InChI=1S/C38H26/c1-3-8-25(4-2)27-11-13-29-23-37-31(21-33(29)19-27)15-17-36-35(37)18-16-32-22-34-20-28(26-9-6-5-7-10-26)12-14-30(34)24-38(32)36/h3-24H,1-2H2/b25-8+. The average molecular weight is 483 g/mol. The molecule has 0 bridgehead atoms. The van der Waals surface area contributed by atoms with Gasteiger partial charge in [-0.15, -0.1) is 0 Å². The molecule has 0 nitrogen and oxygen atoms in total. The molecule has 0 N–H and O–H groups in total. The summed E-state index contributed by atoms with van der Waals surface area (Å²) in [4.78, 5) is 0. The Morgan fingerprint density at radius 3 is 1.68 bits per heavy atom. The third-order valence-electron chi connectivity index (χ3n) is 7.70. The Balaban J connectivity index is 1.41. The van der Waals surface area contributed by atoms with Crippen LogP contribution in [0.4, 0.5) is 0 Å². The van der Waals surface area contributed by atoms with Gasteiger partial charge in [-0.25, -0.2) is 0 Å². The van der Waals surface area contributed by atoms with Crippen LogP contribution in [-0.2, 0) is 0 Å². The summed E-state index contributed by atoms with van der Waals surface area (Å²) in [5, 5.41) is 12.7. The Hall–Kier alpha value is -4.94. The van der Waals surface area contributed by atoms with Crippen molar-refractivity contribution in [2.75, 3.05) is 0 Å². The SMILES string of the molecule is C=C/C=C(\C=C)c1ccc2cc3c(ccc4c5cc6ccc(-c7ccccc7)cc6cc5ccc34)cc2c1. The third-order valence-corrected chi connectivity index (χ3v) is 7.70. The van der Waals surface area contributed by atoms with E-state index in [1.54, 1.807) is 0 Å². The molecule has 0 unspecified atom stereocenters. The van der Waals surface area contributed by atoms with Crippen LogP contribution in [-0.4, -0.2) is 0 Å². The molecule has 0 heterocycles. The van der Waals surface area contributed by atoms with Crippen LogP contribution in [0.3, 0.4) is 0 Å². The Morgan fingerprint density at radius 2 is 1.05 bits per heavy atom. The first-order chi connectivity index (χ1) is 18.7. The number of hydrogen-bond acceptors (Lipinski definition) is 0. The van der Waals surface area contributed by atoms with E-state index in [0.717, 1.165) is 11.1 Å². The highest BCUT2D eigenvalue weighted by Crippen LogP contribution is 2.36. The Bertz CT molecular complexity index is 2090. The van der Waals surface area contributed by atoms with E-state index in [2.05, 4.69) is 128 Å². The van der Waals surface area contributed by atoms with E-state index in [4.69, 9.17) is 0 Å². The van der Waals surface area contributed by atoms with Gasteiger partial charge in [0, 0.05) is 0 Å². The number of benzene rings is 7. The van der Waals surface area contributed by atoms with E-state index >= 15 is 0 Å². The molecule has 7 rings (SSSR count). The number of hydrogen-bond donors (Lipinski definition) is 0. The van der Waals surface area contributed by atoms with Crippen molar-refractivity contribution in [1.29, 1.82) is 0 Å². The van der Waals surface area contributed by atoms with Crippen LogP contribution in [0.5, 0.6) is 0 Å². The lowest BCUT2D eigenvalue weighted by Crippen LogP contribution is -1.85. The molecule has 7 aromatic rings. The van der Waals surface area contributed by atoms with Gasteiger partial charge in [0.1, 0.15) is 0 Å². The topological polar surface area (TPSA) is 0 Å². The predicted octanol–water partition coefficient (Wildman–Crippen LogP) is 10.9. The molecule has 0 aliphatic carbocycles. The molecular weight excluding hydrogens is 456 g/mol. The second-order valence-corrected chi connectivity index (χ2v) is 9.92. The van der Waals surface area contributed by atoms with Gasteiger partial charge in [0.05, 0.1) is 0 Å². The van der Waals surface area contributed by atoms with E-state index in [1.165, 1.54) is 65.0 Å². The quantitative estimate of drug-likeness (QED) is 0.133. The van der Waals surface area contributed by atoms with Crippen LogP contribution in [0.15, 0.2) is 147 Å². The van der Waals surface area contributed by atoms with Crippen molar-refractivity contribution in [3.05, 3.63) is 152 Å². The summed E-state index contributed by atoms with van der Waals surface area (Å²) >= 11 is 0. The number of rotatable bonds is 4. The lowest BCUT2D eigenvalue weighted by molar-refractivity contribution is 1.65. The van der Waals surface area contributed by atoms with Gasteiger partial charge in [-0.1, -0.05) is 110 Å². The minimum atomic E-state index is 1.08. The summed E-state index contributed by atoms with van der Waals surface area (Å²) in [5.74, 6) is 0. The van der Waals surface area contributed by atoms with Gasteiger partial charge in [-0.2, -0.15) is 0 Å². The highest BCUT2D eigenvalue weighted by Gasteiger charge is 2.09. The molecule has 7 aromatic carbocycles.